The fourth-order valence-electron chi connectivity index (χ4n) is 2.10. The van der Waals surface area contributed by atoms with Gasteiger partial charge in [0.1, 0.15) is 0 Å². The van der Waals surface area contributed by atoms with Gasteiger partial charge in [-0.25, -0.2) is 0 Å². The molecule has 0 saturated carbocycles. The number of hydrogen-bond donors (Lipinski definition) is 1. The Hall–Kier alpha value is -1.02. The molecular formula is C16H28N2. The summed E-state index contributed by atoms with van der Waals surface area (Å²) in [6.45, 7) is 13.1. The molecule has 0 aliphatic carbocycles. The van der Waals surface area contributed by atoms with Gasteiger partial charge in [0, 0.05) is 24.8 Å². The molecule has 2 N–H and O–H groups in total. The predicted molar refractivity (Wildman–Crippen MR) is 81.1 cm³/mol. The third-order valence-corrected chi connectivity index (χ3v) is 3.66. The van der Waals surface area contributed by atoms with Crippen LogP contribution in [0, 0.1) is 12.3 Å². The number of aryl methyl sites for hydroxylation is 1. The van der Waals surface area contributed by atoms with Gasteiger partial charge in [-0.15, -0.1) is 0 Å². The number of para-hydroxylation sites is 1. The average Bonchev–Trinajstić information content (AvgIpc) is 2.30. The summed E-state index contributed by atoms with van der Waals surface area (Å²) in [7, 11) is 0. The summed E-state index contributed by atoms with van der Waals surface area (Å²) in [4.78, 5) is 2.42. The molecule has 0 heterocycles. The smallest absolute Gasteiger partial charge is 0.0395 e. The monoisotopic (exact) mass is 248 g/mol. The first-order chi connectivity index (χ1) is 8.36. The number of rotatable bonds is 5. The molecule has 18 heavy (non-hydrogen) atoms. The Kier molecular flexibility index (Phi) is 5.21. The van der Waals surface area contributed by atoms with Crippen LogP contribution in [0.5, 0.6) is 0 Å². The Bertz CT molecular complexity index is 366. The second-order valence-electron chi connectivity index (χ2n) is 6.13. The Labute approximate surface area is 112 Å². The van der Waals surface area contributed by atoms with E-state index in [0.29, 0.717) is 0 Å². The van der Waals surface area contributed by atoms with E-state index in [1.165, 1.54) is 11.3 Å². The molecule has 0 radical (unpaired) electrons. The third kappa shape index (κ3) is 4.02. The van der Waals surface area contributed by atoms with Gasteiger partial charge in [-0.3, -0.25) is 0 Å². The SMILES string of the molecule is CCN(CCC(N)C(C)(C)C)c1ccccc1C. The van der Waals surface area contributed by atoms with Crippen LogP contribution in [0.15, 0.2) is 24.3 Å². The third-order valence-electron chi connectivity index (χ3n) is 3.66. The molecule has 0 bridgehead atoms. The first-order valence-electron chi connectivity index (χ1n) is 6.92. The highest BCUT2D eigenvalue weighted by atomic mass is 15.1. The van der Waals surface area contributed by atoms with Gasteiger partial charge in [-0.05, 0) is 37.3 Å². The molecule has 1 rings (SSSR count). The van der Waals surface area contributed by atoms with Gasteiger partial charge in [0.15, 0.2) is 0 Å². The Morgan fingerprint density at radius 3 is 2.33 bits per heavy atom. The van der Waals surface area contributed by atoms with Gasteiger partial charge < -0.3 is 10.6 Å². The standard InChI is InChI=1S/C16H28N2/c1-6-18(12-11-15(17)16(3,4)5)14-10-8-7-9-13(14)2/h7-10,15H,6,11-12,17H2,1-5H3. The molecule has 1 aromatic rings. The Morgan fingerprint density at radius 1 is 1.22 bits per heavy atom. The molecular weight excluding hydrogens is 220 g/mol. The van der Waals surface area contributed by atoms with E-state index in [-0.39, 0.29) is 11.5 Å². The van der Waals surface area contributed by atoms with Crippen LogP contribution in [0.1, 0.15) is 39.7 Å². The molecule has 0 amide bonds. The van der Waals surface area contributed by atoms with Crippen LogP contribution >= 0.6 is 0 Å². The quantitative estimate of drug-likeness (QED) is 0.863. The highest BCUT2D eigenvalue weighted by Gasteiger charge is 2.21. The van der Waals surface area contributed by atoms with Gasteiger partial charge in [0.25, 0.3) is 0 Å². The maximum absolute atomic E-state index is 6.24. The molecule has 0 spiro atoms. The lowest BCUT2D eigenvalue weighted by atomic mass is 9.85. The zero-order valence-corrected chi connectivity index (χ0v) is 12.5. The minimum absolute atomic E-state index is 0.186. The lowest BCUT2D eigenvalue weighted by Crippen LogP contribution is -2.39. The van der Waals surface area contributed by atoms with Crippen molar-refractivity contribution in [1.29, 1.82) is 0 Å². The molecule has 102 valence electrons. The van der Waals surface area contributed by atoms with E-state index >= 15 is 0 Å². The summed E-state index contributed by atoms with van der Waals surface area (Å²) in [5.41, 5.74) is 9.10. The van der Waals surface area contributed by atoms with Gasteiger partial charge in [-0.2, -0.15) is 0 Å². The molecule has 0 aliphatic rings. The minimum atomic E-state index is 0.186. The van der Waals surface area contributed by atoms with Crippen LogP contribution in [0.2, 0.25) is 0 Å². The van der Waals surface area contributed by atoms with Crippen LogP contribution in [-0.4, -0.2) is 19.1 Å². The number of nitrogens with zero attached hydrogens (tertiary/aromatic N) is 1. The number of nitrogens with two attached hydrogens (primary N) is 1. The molecule has 0 fully saturated rings. The van der Waals surface area contributed by atoms with Gasteiger partial charge in [0.05, 0.1) is 0 Å². The van der Waals surface area contributed by atoms with Crippen molar-refractivity contribution >= 4 is 5.69 Å². The summed E-state index contributed by atoms with van der Waals surface area (Å²) >= 11 is 0. The van der Waals surface area contributed by atoms with Crippen LogP contribution in [-0.2, 0) is 0 Å². The maximum Gasteiger partial charge on any atom is 0.0395 e. The fourth-order valence-corrected chi connectivity index (χ4v) is 2.10. The molecule has 0 aliphatic heterocycles. The van der Waals surface area contributed by atoms with E-state index in [1.807, 2.05) is 0 Å². The molecule has 2 heteroatoms. The van der Waals surface area contributed by atoms with Crippen LogP contribution in [0.25, 0.3) is 0 Å². The maximum atomic E-state index is 6.24. The van der Waals surface area contributed by atoms with Crippen molar-refractivity contribution in [2.75, 3.05) is 18.0 Å². The lowest BCUT2D eigenvalue weighted by molar-refractivity contribution is 0.307. The molecule has 1 unspecified atom stereocenters. The van der Waals surface area contributed by atoms with Crippen LogP contribution in [0.3, 0.4) is 0 Å². The summed E-state index contributed by atoms with van der Waals surface area (Å²) in [6.07, 6.45) is 1.03. The van der Waals surface area contributed by atoms with Crippen molar-refractivity contribution in [3.8, 4) is 0 Å². The first kappa shape index (κ1) is 15.0. The molecule has 2 nitrogen and oxygen atoms in total. The van der Waals surface area contributed by atoms with Crippen molar-refractivity contribution in [1.82, 2.24) is 0 Å². The summed E-state index contributed by atoms with van der Waals surface area (Å²) in [5, 5.41) is 0. The second-order valence-corrected chi connectivity index (χ2v) is 6.13. The highest BCUT2D eigenvalue weighted by Crippen LogP contribution is 2.23. The van der Waals surface area contributed by atoms with Gasteiger partial charge >= 0.3 is 0 Å². The van der Waals surface area contributed by atoms with E-state index in [9.17, 15) is 0 Å². The second kappa shape index (κ2) is 6.24. The van der Waals surface area contributed by atoms with Crippen LogP contribution < -0.4 is 10.6 Å². The number of benzene rings is 1. The number of anilines is 1. The summed E-state index contributed by atoms with van der Waals surface area (Å²) < 4.78 is 0. The normalized spacial score (nSPS) is 13.4. The zero-order chi connectivity index (χ0) is 13.8. The summed E-state index contributed by atoms with van der Waals surface area (Å²) in [6, 6.07) is 8.81. The molecule has 0 saturated heterocycles. The Balaban J connectivity index is 2.67. The van der Waals surface area contributed by atoms with Gasteiger partial charge in [0.2, 0.25) is 0 Å². The largest absolute Gasteiger partial charge is 0.372 e. The zero-order valence-electron chi connectivity index (χ0n) is 12.5. The van der Waals surface area contributed by atoms with Gasteiger partial charge in [-0.1, -0.05) is 39.0 Å². The molecule has 1 atom stereocenters. The van der Waals surface area contributed by atoms with E-state index in [0.717, 1.165) is 19.5 Å². The van der Waals surface area contributed by atoms with E-state index < -0.39 is 0 Å². The van der Waals surface area contributed by atoms with E-state index in [2.05, 4.69) is 63.8 Å². The predicted octanol–water partition coefficient (Wildman–Crippen LogP) is 3.58. The van der Waals surface area contributed by atoms with Crippen molar-refractivity contribution in [2.45, 2.75) is 47.1 Å². The Morgan fingerprint density at radius 2 is 1.83 bits per heavy atom. The van der Waals surface area contributed by atoms with E-state index in [4.69, 9.17) is 5.73 Å². The topological polar surface area (TPSA) is 29.3 Å². The van der Waals surface area contributed by atoms with E-state index in [1.54, 1.807) is 0 Å². The molecule has 0 aromatic heterocycles. The van der Waals surface area contributed by atoms with Crippen molar-refractivity contribution < 1.29 is 0 Å². The fraction of sp³-hybridized carbons (Fsp3) is 0.625. The minimum Gasteiger partial charge on any atom is -0.372 e. The first-order valence-corrected chi connectivity index (χ1v) is 6.92. The van der Waals surface area contributed by atoms with Crippen LogP contribution in [0.4, 0.5) is 5.69 Å². The lowest BCUT2D eigenvalue weighted by Gasteiger charge is -2.31. The molecule has 1 aromatic carbocycles. The highest BCUT2D eigenvalue weighted by molar-refractivity contribution is 5.52. The summed E-state index contributed by atoms with van der Waals surface area (Å²) in [5.74, 6) is 0. The van der Waals surface area contributed by atoms with Crippen molar-refractivity contribution in [3.63, 3.8) is 0 Å². The number of hydrogen-bond acceptors (Lipinski definition) is 2. The van der Waals surface area contributed by atoms with Crippen molar-refractivity contribution in [2.24, 2.45) is 11.1 Å². The van der Waals surface area contributed by atoms with Crippen molar-refractivity contribution in [3.05, 3.63) is 29.8 Å². The average molecular weight is 248 g/mol.